The summed E-state index contributed by atoms with van der Waals surface area (Å²) in [7, 11) is 0. The maximum atomic E-state index is 11.3. The van der Waals surface area contributed by atoms with E-state index in [1.807, 2.05) is 6.92 Å². The Balaban J connectivity index is 2.37. The van der Waals surface area contributed by atoms with Gasteiger partial charge in [0.15, 0.2) is 6.61 Å². The zero-order valence-corrected chi connectivity index (χ0v) is 10.5. The summed E-state index contributed by atoms with van der Waals surface area (Å²) < 4.78 is 10.2. The summed E-state index contributed by atoms with van der Waals surface area (Å²) in [5, 5.41) is 0.528. The number of hydrogen-bond acceptors (Lipinski definition) is 4. The largest absolute Gasteiger partial charge is 0.480 e. The predicted octanol–water partition coefficient (Wildman–Crippen LogP) is 2.64. The van der Waals surface area contributed by atoms with Gasteiger partial charge in [-0.3, -0.25) is 0 Å². The lowest BCUT2D eigenvalue weighted by Gasteiger charge is -2.08. The minimum atomic E-state index is -0.396. The summed E-state index contributed by atoms with van der Waals surface area (Å²) in [4.78, 5) is 11.3. The fraction of sp³-hybridized carbons (Fsp3) is 0.417. The number of benzene rings is 1. The minimum absolute atomic E-state index is 0.143. The van der Waals surface area contributed by atoms with E-state index >= 15 is 0 Å². The molecule has 94 valence electrons. The fourth-order valence-electron chi connectivity index (χ4n) is 1.16. The quantitative estimate of drug-likeness (QED) is 0.483. The van der Waals surface area contributed by atoms with E-state index < -0.39 is 5.97 Å². The van der Waals surface area contributed by atoms with Crippen molar-refractivity contribution >= 4 is 23.3 Å². The third-order valence-corrected chi connectivity index (χ3v) is 2.31. The average molecular weight is 258 g/mol. The molecule has 2 N–H and O–H groups in total. The van der Waals surface area contributed by atoms with Gasteiger partial charge in [0.25, 0.3) is 0 Å². The molecule has 17 heavy (non-hydrogen) atoms. The number of nitrogen functional groups attached to an aromatic ring is 1. The highest BCUT2D eigenvalue weighted by molar-refractivity contribution is 6.30. The number of halogens is 1. The van der Waals surface area contributed by atoms with Gasteiger partial charge >= 0.3 is 5.97 Å². The summed E-state index contributed by atoms with van der Waals surface area (Å²) in [5.41, 5.74) is 6.07. The van der Waals surface area contributed by atoms with E-state index in [4.69, 9.17) is 26.8 Å². The number of carbonyl (C=O) groups is 1. The molecule has 4 nitrogen and oxygen atoms in total. The number of ether oxygens (including phenoxy) is 2. The standard InChI is InChI=1S/C12H16ClNO3/c1-2-3-6-16-12(15)8-17-11-5-4-9(13)7-10(11)14/h4-5,7H,2-3,6,8,14H2,1H3. The van der Waals surface area contributed by atoms with Crippen molar-refractivity contribution in [3.63, 3.8) is 0 Å². The van der Waals surface area contributed by atoms with E-state index in [9.17, 15) is 4.79 Å². The van der Waals surface area contributed by atoms with E-state index in [1.165, 1.54) is 0 Å². The highest BCUT2D eigenvalue weighted by Crippen LogP contribution is 2.24. The zero-order valence-electron chi connectivity index (χ0n) is 9.74. The van der Waals surface area contributed by atoms with Crippen LogP contribution in [-0.2, 0) is 9.53 Å². The number of hydrogen-bond donors (Lipinski definition) is 1. The summed E-state index contributed by atoms with van der Waals surface area (Å²) >= 11 is 5.74. The second-order valence-electron chi connectivity index (χ2n) is 3.54. The van der Waals surface area contributed by atoms with Crippen molar-refractivity contribution in [3.8, 4) is 5.75 Å². The first-order valence-electron chi connectivity index (χ1n) is 5.47. The Hall–Kier alpha value is -1.42. The maximum Gasteiger partial charge on any atom is 0.344 e. The first-order chi connectivity index (χ1) is 8.13. The van der Waals surface area contributed by atoms with Gasteiger partial charge < -0.3 is 15.2 Å². The minimum Gasteiger partial charge on any atom is -0.480 e. The van der Waals surface area contributed by atoms with Gasteiger partial charge in [0, 0.05) is 5.02 Å². The van der Waals surface area contributed by atoms with Crippen molar-refractivity contribution in [2.75, 3.05) is 18.9 Å². The number of rotatable bonds is 6. The van der Waals surface area contributed by atoms with E-state index in [0.717, 1.165) is 12.8 Å². The topological polar surface area (TPSA) is 61.5 Å². The van der Waals surface area contributed by atoms with Crippen molar-refractivity contribution in [1.29, 1.82) is 0 Å². The third kappa shape index (κ3) is 4.95. The number of esters is 1. The first-order valence-corrected chi connectivity index (χ1v) is 5.84. The number of anilines is 1. The fourth-order valence-corrected chi connectivity index (χ4v) is 1.34. The Labute approximate surface area is 106 Å². The van der Waals surface area contributed by atoms with Crippen LogP contribution in [0.4, 0.5) is 5.69 Å². The smallest absolute Gasteiger partial charge is 0.344 e. The molecule has 0 bridgehead atoms. The number of nitrogens with two attached hydrogens (primary N) is 1. The summed E-state index contributed by atoms with van der Waals surface area (Å²) in [5.74, 6) is 0.0367. The first kappa shape index (κ1) is 13.6. The summed E-state index contributed by atoms with van der Waals surface area (Å²) in [6.07, 6.45) is 1.84. The van der Waals surface area contributed by atoms with E-state index in [1.54, 1.807) is 18.2 Å². The van der Waals surface area contributed by atoms with Crippen molar-refractivity contribution in [1.82, 2.24) is 0 Å². The van der Waals surface area contributed by atoms with Crippen LogP contribution in [0.25, 0.3) is 0 Å². The number of unbranched alkanes of at least 4 members (excludes halogenated alkanes) is 1. The Morgan fingerprint density at radius 2 is 2.24 bits per heavy atom. The Morgan fingerprint density at radius 1 is 1.47 bits per heavy atom. The SMILES string of the molecule is CCCCOC(=O)COc1ccc(Cl)cc1N. The van der Waals surface area contributed by atoms with Gasteiger partial charge in [-0.2, -0.15) is 0 Å². The van der Waals surface area contributed by atoms with Crippen LogP contribution >= 0.6 is 11.6 Å². The lowest BCUT2D eigenvalue weighted by Crippen LogP contribution is -2.15. The van der Waals surface area contributed by atoms with Crippen LogP contribution in [0.1, 0.15) is 19.8 Å². The number of carbonyl (C=O) groups excluding carboxylic acids is 1. The van der Waals surface area contributed by atoms with Crippen LogP contribution in [0.3, 0.4) is 0 Å². The molecular weight excluding hydrogens is 242 g/mol. The van der Waals surface area contributed by atoms with Gasteiger partial charge in [-0.05, 0) is 24.6 Å². The molecule has 1 aromatic rings. The van der Waals surface area contributed by atoms with E-state index in [2.05, 4.69) is 0 Å². The van der Waals surface area contributed by atoms with Crippen molar-refractivity contribution in [2.45, 2.75) is 19.8 Å². The molecular formula is C12H16ClNO3. The second kappa shape index (κ2) is 7.01. The van der Waals surface area contributed by atoms with Gasteiger partial charge in [-0.15, -0.1) is 0 Å². The molecule has 0 spiro atoms. The molecule has 0 aromatic heterocycles. The molecule has 0 aliphatic rings. The summed E-state index contributed by atoms with van der Waals surface area (Å²) in [6, 6.07) is 4.84. The monoisotopic (exact) mass is 257 g/mol. The summed E-state index contributed by atoms with van der Waals surface area (Å²) in [6.45, 7) is 2.31. The lowest BCUT2D eigenvalue weighted by molar-refractivity contribution is -0.146. The molecule has 5 heteroatoms. The third-order valence-electron chi connectivity index (χ3n) is 2.08. The van der Waals surface area contributed by atoms with Crippen LogP contribution in [0.5, 0.6) is 5.75 Å². The van der Waals surface area contributed by atoms with Crippen LogP contribution in [0.2, 0.25) is 5.02 Å². The molecule has 0 aliphatic heterocycles. The van der Waals surface area contributed by atoms with Gasteiger partial charge in [-0.1, -0.05) is 24.9 Å². The molecule has 0 amide bonds. The molecule has 0 fully saturated rings. The molecule has 0 heterocycles. The molecule has 0 saturated carbocycles. The predicted molar refractivity (Wildman–Crippen MR) is 67.2 cm³/mol. The van der Waals surface area contributed by atoms with Crippen LogP contribution in [-0.4, -0.2) is 19.2 Å². The van der Waals surface area contributed by atoms with Crippen molar-refractivity contribution in [3.05, 3.63) is 23.2 Å². The Kier molecular flexibility index (Phi) is 5.63. The van der Waals surface area contributed by atoms with E-state index in [-0.39, 0.29) is 6.61 Å². The maximum absolute atomic E-state index is 11.3. The molecule has 0 atom stereocenters. The van der Waals surface area contributed by atoms with Crippen LogP contribution in [0, 0.1) is 0 Å². The second-order valence-corrected chi connectivity index (χ2v) is 3.98. The highest BCUT2D eigenvalue weighted by atomic mass is 35.5. The van der Waals surface area contributed by atoms with Gasteiger partial charge in [0.05, 0.1) is 12.3 Å². The average Bonchev–Trinajstić information content (AvgIpc) is 2.28. The molecule has 1 aromatic carbocycles. The van der Waals surface area contributed by atoms with Crippen molar-refractivity contribution in [2.24, 2.45) is 0 Å². The van der Waals surface area contributed by atoms with Gasteiger partial charge in [0.1, 0.15) is 5.75 Å². The normalized spacial score (nSPS) is 10.0. The molecule has 1 rings (SSSR count). The van der Waals surface area contributed by atoms with Gasteiger partial charge in [0.2, 0.25) is 0 Å². The van der Waals surface area contributed by atoms with Crippen LogP contribution < -0.4 is 10.5 Å². The van der Waals surface area contributed by atoms with Gasteiger partial charge in [-0.25, -0.2) is 4.79 Å². The van der Waals surface area contributed by atoms with Crippen molar-refractivity contribution < 1.29 is 14.3 Å². The Bertz CT molecular complexity index is 382. The lowest BCUT2D eigenvalue weighted by atomic mass is 10.3. The molecule has 0 unspecified atom stereocenters. The Morgan fingerprint density at radius 3 is 2.88 bits per heavy atom. The molecule has 0 radical (unpaired) electrons. The molecule has 0 saturated heterocycles. The van der Waals surface area contributed by atoms with E-state index in [0.29, 0.717) is 23.1 Å². The highest BCUT2D eigenvalue weighted by Gasteiger charge is 2.06. The zero-order chi connectivity index (χ0) is 12.7. The molecule has 0 aliphatic carbocycles. The van der Waals surface area contributed by atoms with Crippen LogP contribution in [0.15, 0.2) is 18.2 Å².